The molecule has 1 aliphatic rings. The smallest absolute Gasteiger partial charge is 0.139 e. The van der Waals surface area contributed by atoms with Crippen LogP contribution in [0.5, 0.6) is 0 Å². The first-order chi connectivity index (χ1) is 11.7. The van der Waals surface area contributed by atoms with Crippen LogP contribution in [0.15, 0.2) is 67.1 Å². The predicted molar refractivity (Wildman–Crippen MR) is 93.4 cm³/mol. The minimum absolute atomic E-state index is 0.0204. The summed E-state index contributed by atoms with van der Waals surface area (Å²) in [5.41, 5.74) is 3.34. The summed E-state index contributed by atoms with van der Waals surface area (Å²) in [6.07, 6.45) is 3.46. The van der Waals surface area contributed by atoms with Gasteiger partial charge in [-0.05, 0) is 23.3 Å². The van der Waals surface area contributed by atoms with Crippen LogP contribution in [0.2, 0.25) is 0 Å². The third-order valence-corrected chi connectivity index (χ3v) is 4.70. The van der Waals surface area contributed by atoms with Crippen molar-refractivity contribution in [3.05, 3.63) is 78.5 Å². The Morgan fingerprint density at radius 3 is 2.42 bits per heavy atom. The first kappa shape index (κ1) is 14.8. The van der Waals surface area contributed by atoms with E-state index in [1.807, 2.05) is 36.5 Å². The van der Waals surface area contributed by atoms with Gasteiger partial charge in [-0.15, -0.1) is 0 Å². The Labute approximate surface area is 140 Å². The van der Waals surface area contributed by atoms with Gasteiger partial charge in [-0.2, -0.15) is 0 Å². The molecule has 0 radical (unpaired) electrons. The molecular weight excluding hydrogens is 301 g/mol. The van der Waals surface area contributed by atoms with Crippen molar-refractivity contribution < 1.29 is 4.39 Å². The normalized spacial score (nSPS) is 15.8. The Morgan fingerprint density at radius 2 is 1.71 bits per heavy atom. The maximum absolute atomic E-state index is 13.2. The summed E-state index contributed by atoms with van der Waals surface area (Å²) in [5.74, 6) is 0.761. The van der Waals surface area contributed by atoms with E-state index in [-0.39, 0.29) is 11.2 Å². The topological polar surface area (TPSA) is 29.0 Å². The molecule has 4 rings (SSSR count). The number of hydrogen-bond acceptors (Lipinski definition) is 3. The van der Waals surface area contributed by atoms with E-state index in [4.69, 9.17) is 0 Å². The van der Waals surface area contributed by atoms with Crippen molar-refractivity contribution in [2.24, 2.45) is 0 Å². The summed E-state index contributed by atoms with van der Waals surface area (Å²) < 4.78 is 13.2. The van der Waals surface area contributed by atoms with Crippen LogP contribution in [0.4, 0.5) is 10.2 Å². The lowest BCUT2D eigenvalue weighted by Crippen LogP contribution is -2.58. The summed E-state index contributed by atoms with van der Waals surface area (Å²) in [7, 11) is 0. The van der Waals surface area contributed by atoms with Crippen molar-refractivity contribution in [1.29, 1.82) is 0 Å². The molecule has 0 saturated carbocycles. The van der Waals surface area contributed by atoms with Crippen LogP contribution in [0.1, 0.15) is 12.5 Å². The fraction of sp³-hybridized carbons (Fsp3) is 0.200. The van der Waals surface area contributed by atoms with Gasteiger partial charge in [-0.1, -0.05) is 49.4 Å². The third kappa shape index (κ3) is 2.54. The minimum Gasteiger partial charge on any atom is -0.354 e. The molecule has 0 spiro atoms. The van der Waals surface area contributed by atoms with Crippen LogP contribution in [0.25, 0.3) is 11.1 Å². The molecule has 1 fully saturated rings. The minimum atomic E-state index is -0.194. The second-order valence-electron chi connectivity index (χ2n) is 6.55. The standard InChI is InChI=1S/C20H18FN3/c1-20(16-7-9-17(21)10-8-16)12-24(13-20)19-18(11-22-14-23-19)15-5-3-2-4-6-15/h2-11,14H,12-13H2,1H3. The van der Waals surface area contributed by atoms with Gasteiger partial charge in [-0.25, -0.2) is 14.4 Å². The summed E-state index contributed by atoms with van der Waals surface area (Å²) in [6.45, 7) is 3.92. The number of aromatic nitrogens is 2. The molecule has 0 unspecified atom stereocenters. The zero-order valence-corrected chi connectivity index (χ0v) is 13.5. The summed E-state index contributed by atoms with van der Waals surface area (Å²) in [5, 5.41) is 0. The van der Waals surface area contributed by atoms with E-state index in [1.165, 1.54) is 12.1 Å². The van der Waals surface area contributed by atoms with Gasteiger partial charge < -0.3 is 4.90 Å². The van der Waals surface area contributed by atoms with E-state index in [1.54, 1.807) is 6.33 Å². The summed E-state index contributed by atoms with van der Waals surface area (Å²) in [4.78, 5) is 10.9. The van der Waals surface area contributed by atoms with Crippen molar-refractivity contribution in [2.75, 3.05) is 18.0 Å². The second kappa shape index (κ2) is 5.71. The van der Waals surface area contributed by atoms with Gasteiger partial charge in [0.1, 0.15) is 18.0 Å². The van der Waals surface area contributed by atoms with Crippen molar-refractivity contribution in [3.63, 3.8) is 0 Å². The Hall–Kier alpha value is -2.75. The third-order valence-electron chi connectivity index (χ3n) is 4.70. The highest BCUT2D eigenvalue weighted by Gasteiger charge is 2.41. The highest BCUT2D eigenvalue weighted by atomic mass is 19.1. The SMILES string of the molecule is CC1(c2ccc(F)cc2)CN(c2ncncc2-c2ccccc2)C1. The molecule has 0 bridgehead atoms. The molecular formula is C20H18FN3. The Kier molecular flexibility index (Phi) is 3.53. The monoisotopic (exact) mass is 319 g/mol. The molecule has 3 aromatic rings. The first-order valence-corrected chi connectivity index (χ1v) is 8.02. The van der Waals surface area contributed by atoms with E-state index in [0.29, 0.717) is 0 Å². The number of halogens is 1. The lowest BCUT2D eigenvalue weighted by molar-refractivity contribution is 0.360. The fourth-order valence-electron chi connectivity index (χ4n) is 3.38. The second-order valence-corrected chi connectivity index (χ2v) is 6.55. The lowest BCUT2D eigenvalue weighted by atomic mass is 9.75. The molecule has 24 heavy (non-hydrogen) atoms. The van der Waals surface area contributed by atoms with E-state index in [2.05, 4.69) is 33.9 Å². The maximum Gasteiger partial charge on any atom is 0.139 e. The number of rotatable bonds is 3. The van der Waals surface area contributed by atoms with Crippen molar-refractivity contribution in [2.45, 2.75) is 12.3 Å². The van der Waals surface area contributed by atoms with Gasteiger partial charge >= 0.3 is 0 Å². The molecule has 1 aliphatic heterocycles. The van der Waals surface area contributed by atoms with Gasteiger partial charge in [0.05, 0.1) is 0 Å². The zero-order valence-electron chi connectivity index (χ0n) is 13.5. The van der Waals surface area contributed by atoms with E-state index >= 15 is 0 Å². The van der Waals surface area contributed by atoms with Crippen LogP contribution in [0.3, 0.4) is 0 Å². The largest absolute Gasteiger partial charge is 0.354 e. The van der Waals surface area contributed by atoms with Crippen LogP contribution in [-0.2, 0) is 5.41 Å². The lowest BCUT2D eigenvalue weighted by Gasteiger charge is -2.49. The number of benzene rings is 2. The molecule has 1 aromatic heterocycles. The molecule has 0 aliphatic carbocycles. The van der Waals surface area contributed by atoms with Gasteiger partial charge in [0.15, 0.2) is 0 Å². The van der Waals surface area contributed by atoms with Gasteiger partial charge in [0, 0.05) is 30.3 Å². The number of hydrogen-bond donors (Lipinski definition) is 0. The van der Waals surface area contributed by atoms with Gasteiger partial charge in [0.25, 0.3) is 0 Å². The molecule has 1 saturated heterocycles. The zero-order chi connectivity index (χ0) is 16.6. The molecule has 4 heteroatoms. The fourth-order valence-corrected chi connectivity index (χ4v) is 3.38. The Bertz CT molecular complexity index is 840. The highest BCUT2D eigenvalue weighted by Crippen LogP contribution is 2.39. The molecule has 0 N–H and O–H groups in total. The quantitative estimate of drug-likeness (QED) is 0.729. The molecule has 3 nitrogen and oxygen atoms in total. The average molecular weight is 319 g/mol. The van der Waals surface area contributed by atoms with Crippen LogP contribution >= 0.6 is 0 Å². The van der Waals surface area contributed by atoms with Crippen molar-refractivity contribution in [1.82, 2.24) is 9.97 Å². The molecule has 2 aromatic carbocycles. The predicted octanol–water partition coefficient (Wildman–Crippen LogP) is 4.06. The number of nitrogens with zero attached hydrogens (tertiary/aromatic N) is 3. The molecule has 0 amide bonds. The van der Waals surface area contributed by atoms with Crippen LogP contribution in [-0.4, -0.2) is 23.1 Å². The Balaban J connectivity index is 1.61. The summed E-state index contributed by atoms with van der Waals surface area (Å²) >= 11 is 0. The van der Waals surface area contributed by atoms with E-state index in [0.717, 1.165) is 35.6 Å². The van der Waals surface area contributed by atoms with E-state index in [9.17, 15) is 4.39 Å². The van der Waals surface area contributed by atoms with Crippen molar-refractivity contribution in [3.8, 4) is 11.1 Å². The van der Waals surface area contributed by atoms with Gasteiger partial charge in [-0.3, -0.25) is 0 Å². The Morgan fingerprint density at radius 1 is 1.00 bits per heavy atom. The highest BCUT2D eigenvalue weighted by molar-refractivity contribution is 5.76. The first-order valence-electron chi connectivity index (χ1n) is 8.02. The number of anilines is 1. The van der Waals surface area contributed by atoms with Crippen LogP contribution < -0.4 is 4.90 Å². The van der Waals surface area contributed by atoms with Crippen LogP contribution in [0, 0.1) is 5.82 Å². The molecule has 0 atom stereocenters. The van der Waals surface area contributed by atoms with Gasteiger partial charge in [0.2, 0.25) is 0 Å². The summed E-state index contributed by atoms with van der Waals surface area (Å²) in [6, 6.07) is 17.0. The van der Waals surface area contributed by atoms with Crippen molar-refractivity contribution >= 4 is 5.82 Å². The maximum atomic E-state index is 13.2. The average Bonchev–Trinajstić information content (AvgIpc) is 2.60. The van der Waals surface area contributed by atoms with E-state index < -0.39 is 0 Å². The molecule has 120 valence electrons. The molecule has 2 heterocycles.